The number of hydrogen-bond donors (Lipinski definition) is 3. The van der Waals surface area contributed by atoms with Gasteiger partial charge in [-0.1, -0.05) is 161 Å². The van der Waals surface area contributed by atoms with E-state index in [4.69, 9.17) is 10.2 Å². The molecule has 7 nitrogen and oxygen atoms in total. The average molecular weight is 752 g/mol. The molecule has 3 N–H and O–H groups in total. The number of carboxylic acids is 2. The fourth-order valence-electron chi connectivity index (χ4n) is 6.50. The van der Waals surface area contributed by atoms with E-state index in [1.165, 1.54) is 128 Å². The minimum atomic E-state index is -0.678. The molecule has 0 saturated carbocycles. The average Bonchev–Trinajstić information content (AvgIpc) is 3.07. The Balaban J connectivity index is 0. The third-order valence-electron chi connectivity index (χ3n) is 9.67. The summed E-state index contributed by atoms with van der Waals surface area (Å²) in [6.45, 7) is 0.739. The Hall–Kier alpha value is -1.41. The zero-order valence-electron chi connectivity index (χ0n) is 32.1. The van der Waals surface area contributed by atoms with Crippen molar-refractivity contribution >= 4 is 23.6 Å². The van der Waals surface area contributed by atoms with Gasteiger partial charge in [0.05, 0.1) is 0 Å². The minimum Gasteiger partial charge on any atom is -0.481 e. The first-order chi connectivity index (χ1) is 23.9. The summed E-state index contributed by atoms with van der Waals surface area (Å²) in [6, 6.07) is 0. The van der Waals surface area contributed by atoms with Crippen LogP contribution in [0.2, 0.25) is 0 Å². The largest absolute Gasteiger partial charge is 0.481 e. The van der Waals surface area contributed by atoms with Gasteiger partial charge in [0.1, 0.15) is 5.78 Å². The first-order valence-electron chi connectivity index (χ1n) is 21.0. The van der Waals surface area contributed by atoms with Gasteiger partial charge in [-0.25, -0.2) is 0 Å². The van der Waals surface area contributed by atoms with Gasteiger partial charge < -0.3 is 26.7 Å². The first-order valence-corrected chi connectivity index (χ1v) is 21.0. The summed E-state index contributed by atoms with van der Waals surface area (Å²) in [5.74, 6) is -0.813. The van der Waals surface area contributed by atoms with Gasteiger partial charge in [-0.3, -0.25) is 14.4 Å². The predicted octanol–water partition coefficient (Wildman–Crippen LogP) is 12.1. The first kappa shape index (κ1) is 50.7. The summed E-state index contributed by atoms with van der Waals surface area (Å²) in [5.41, 5.74) is 0. The molecule has 1 radical (unpaired) electrons. The number of nitrogens with one attached hydrogen (secondary N) is 1. The Kier molecular flexibility index (Phi) is 42.6. The van der Waals surface area contributed by atoms with E-state index >= 15 is 0 Å². The van der Waals surface area contributed by atoms with Crippen molar-refractivity contribution in [3.63, 3.8) is 0 Å². The third-order valence-corrected chi connectivity index (χ3v) is 9.67. The minimum absolute atomic E-state index is 0. The van der Waals surface area contributed by atoms with E-state index in [1.807, 2.05) is 0 Å². The van der Waals surface area contributed by atoms with Crippen molar-refractivity contribution in [3.05, 3.63) is 6.42 Å². The second-order valence-electron chi connectivity index (χ2n) is 14.6. The molecule has 0 heterocycles. The van der Waals surface area contributed by atoms with Crippen molar-refractivity contribution in [2.45, 2.75) is 231 Å². The summed E-state index contributed by atoms with van der Waals surface area (Å²) in [5, 5.41) is 20.3. The summed E-state index contributed by atoms with van der Waals surface area (Å²) in [7, 11) is 0. The van der Waals surface area contributed by atoms with E-state index in [-0.39, 0.29) is 22.7 Å². The van der Waals surface area contributed by atoms with Crippen LogP contribution >= 0.6 is 0 Å². The van der Waals surface area contributed by atoms with Gasteiger partial charge in [-0.15, -0.1) is 6.42 Å². The number of rotatable bonds is 41. The van der Waals surface area contributed by atoms with Crippen LogP contribution < -0.4 is 5.32 Å². The molecule has 0 atom stereocenters. The molecule has 0 saturated heterocycles. The molecule has 0 aromatic carbocycles. The molecule has 0 fully saturated rings. The quantitative estimate of drug-likeness (QED) is 0.0422. The monoisotopic (exact) mass is 752 g/mol. The molecule has 50 heavy (non-hydrogen) atoms. The second kappa shape index (κ2) is 42.0. The van der Waals surface area contributed by atoms with Crippen molar-refractivity contribution in [2.75, 3.05) is 6.54 Å². The van der Waals surface area contributed by atoms with Gasteiger partial charge in [0.15, 0.2) is 0 Å². The molecule has 0 aliphatic rings. The van der Waals surface area contributed by atoms with Crippen LogP contribution in [0.15, 0.2) is 0 Å². The number of carbonyl (C=O) groups is 4. The van der Waals surface area contributed by atoms with Crippen LogP contribution in [-0.2, 0) is 36.0 Å². The fraction of sp³-hybridized carbons (Fsp3) is 0.881. The molecule has 0 spiro atoms. The molecule has 0 unspecified atom stereocenters. The summed E-state index contributed by atoms with van der Waals surface area (Å²) >= 11 is 0. The number of ketones is 1. The number of aliphatic carboxylic acids is 2. The predicted molar refractivity (Wildman–Crippen MR) is 204 cm³/mol. The van der Waals surface area contributed by atoms with Gasteiger partial charge in [0, 0.05) is 49.0 Å². The topological polar surface area (TPSA) is 121 Å². The Morgan fingerprint density at radius 1 is 0.380 bits per heavy atom. The number of amides is 1. The third kappa shape index (κ3) is 44.6. The number of unbranched alkanes of at least 4 members (excludes halogenated alkanes) is 29. The van der Waals surface area contributed by atoms with E-state index in [0.29, 0.717) is 37.9 Å². The molecule has 0 aliphatic carbocycles. The standard InChI is InChI=1S/C42H78NO6.Co/c44-39(33-27-21-17-13-9-5-1-3-7-11-15-19-23-30-36-41(46)47)34-28-25-26-32-38-43-40(45)35-29-22-18-14-10-6-2-4-8-12-16-20-24-31-37-42(48)49;/h28H,1-27,29-38H2,(H,43,45)(H,46,47)(H,48,49);/q-1;. The maximum absolute atomic E-state index is 12.2. The second-order valence-corrected chi connectivity index (χ2v) is 14.6. The molecule has 1 amide bonds. The van der Waals surface area contributed by atoms with Gasteiger partial charge in [0.25, 0.3) is 0 Å². The van der Waals surface area contributed by atoms with Gasteiger partial charge >= 0.3 is 11.9 Å². The van der Waals surface area contributed by atoms with Crippen molar-refractivity contribution < 1.29 is 46.2 Å². The summed E-state index contributed by atoms with van der Waals surface area (Å²) in [4.78, 5) is 45.2. The van der Waals surface area contributed by atoms with Crippen LogP contribution in [0.4, 0.5) is 0 Å². The molecule has 0 rings (SSSR count). The molecule has 0 bridgehead atoms. The van der Waals surface area contributed by atoms with E-state index in [0.717, 1.165) is 77.2 Å². The van der Waals surface area contributed by atoms with Crippen molar-refractivity contribution in [1.29, 1.82) is 0 Å². The maximum atomic E-state index is 12.2. The van der Waals surface area contributed by atoms with Crippen LogP contribution in [0.25, 0.3) is 0 Å². The number of carbonyl (C=O) groups excluding carboxylic acids is 2. The van der Waals surface area contributed by atoms with E-state index in [1.54, 1.807) is 0 Å². The summed E-state index contributed by atoms with van der Waals surface area (Å²) < 4.78 is 0. The Labute approximate surface area is 318 Å². The maximum Gasteiger partial charge on any atom is 0.303 e. The normalized spacial score (nSPS) is 11.0. The molecule has 8 heteroatoms. The van der Waals surface area contributed by atoms with Gasteiger partial charge in [0.2, 0.25) is 5.91 Å². The number of Topliss-reactive ketones (excluding diaryl/α,β-unsaturated/α-hetero) is 1. The Morgan fingerprint density at radius 2 is 0.680 bits per heavy atom. The van der Waals surface area contributed by atoms with Crippen LogP contribution in [0, 0.1) is 6.42 Å². The van der Waals surface area contributed by atoms with Crippen molar-refractivity contribution in [1.82, 2.24) is 5.32 Å². The van der Waals surface area contributed by atoms with E-state index in [9.17, 15) is 19.2 Å². The Bertz CT molecular complexity index is 715. The molecule has 297 valence electrons. The smallest absolute Gasteiger partial charge is 0.303 e. The van der Waals surface area contributed by atoms with Crippen LogP contribution in [0.3, 0.4) is 0 Å². The SMILES string of the molecule is O=C(O)CCCCCCCCCCCCCCCCC(=O)C[CH-]CCCCNC(=O)CCCCCCCCCCCCCCCCC(=O)O.[Co]. The number of carboxylic acid groups (broad SMARTS) is 2. The van der Waals surface area contributed by atoms with E-state index < -0.39 is 11.9 Å². The van der Waals surface area contributed by atoms with E-state index in [2.05, 4.69) is 11.7 Å². The van der Waals surface area contributed by atoms with Gasteiger partial charge in [-0.2, -0.15) is 6.42 Å². The van der Waals surface area contributed by atoms with Crippen molar-refractivity contribution in [3.8, 4) is 0 Å². The molecule has 0 aliphatic heterocycles. The van der Waals surface area contributed by atoms with Crippen LogP contribution in [-0.4, -0.2) is 40.4 Å². The molecule has 0 aromatic heterocycles. The molecule has 0 aromatic rings. The number of hydrogen-bond acceptors (Lipinski definition) is 4. The van der Waals surface area contributed by atoms with Crippen LogP contribution in [0.1, 0.15) is 231 Å². The zero-order chi connectivity index (χ0) is 35.9. The fourth-order valence-corrected chi connectivity index (χ4v) is 6.50. The van der Waals surface area contributed by atoms with Gasteiger partial charge in [-0.05, 0) is 32.1 Å². The van der Waals surface area contributed by atoms with Crippen molar-refractivity contribution in [2.24, 2.45) is 0 Å². The Morgan fingerprint density at radius 3 is 1.02 bits per heavy atom. The molecular formula is C42H78CoNO6-. The summed E-state index contributed by atoms with van der Waals surface area (Å²) in [6.07, 6.45) is 41.2. The molecular weight excluding hydrogens is 673 g/mol. The zero-order valence-corrected chi connectivity index (χ0v) is 33.1. The van der Waals surface area contributed by atoms with Crippen LogP contribution in [0.5, 0.6) is 0 Å².